The van der Waals surface area contributed by atoms with Crippen molar-refractivity contribution in [2.45, 2.75) is 12.8 Å². The van der Waals surface area contributed by atoms with Crippen molar-refractivity contribution in [2.24, 2.45) is 11.1 Å². The molecule has 1 aromatic heterocycles. The Hall–Kier alpha value is -0.570. The van der Waals surface area contributed by atoms with Gasteiger partial charge >= 0.3 is 0 Å². The lowest BCUT2D eigenvalue weighted by Crippen LogP contribution is -2.49. The number of nitrogens with two attached hydrogens (primary N) is 1. The van der Waals surface area contributed by atoms with E-state index in [0.29, 0.717) is 31.2 Å². The highest BCUT2D eigenvalue weighted by molar-refractivity contribution is 9.11. The topological polar surface area (TPSA) is 77.2 Å². The molecule has 0 spiro atoms. The van der Waals surface area contributed by atoms with Crippen molar-refractivity contribution < 1.29 is 9.53 Å². The van der Waals surface area contributed by atoms with Crippen LogP contribution in [0.2, 0.25) is 0 Å². The van der Waals surface area contributed by atoms with E-state index in [-0.39, 0.29) is 10.9 Å². The molecule has 0 aromatic carbocycles. The highest BCUT2D eigenvalue weighted by atomic mass is 79.9. The number of carbonyl (C=O) groups is 1. The summed E-state index contributed by atoms with van der Waals surface area (Å²) < 4.78 is 6.12. The molecule has 1 aliphatic rings. The molecule has 2 rings (SSSR count). The van der Waals surface area contributed by atoms with Crippen LogP contribution in [0.3, 0.4) is 0 Å². The zero-order chi connectivity index (χ0) is 13.2. The van der Waals surface area contributed by atoms with Crippen molar-refractivity contribution >= 4 is 55.5 Å². The molecule has 3 N–H and O–H groups in total. The molecule has 18 heavy (non-hydrogen) atoms. The number of nitrogens with zero attached hydrogens (tertiary/aromatic N) is 1. The molecule has 1 aromatic rings. The number of thiazole rings is 1. The average molecular weight is 350 g/mol. The van der Waals surface area contributed by atoms with Crippen LogP contribution in [-0.4, -0.2) is 29.1 Å². The second kappa shape index (κ2) is 5.60. The van der Waals surface area contributed by atoms with Gasteiger partial charge in [0.15, 0.2) is 5.13 Å². The van der Waals surface area contributed by atoms with E-state index in [1.165, 1.54) is 11.3 Å². The number of aromatic nitrogens is 1. The number of halogens is 1. The fraction of sp³-hybridized carbons (Fsp3) is 0.500. The van der Waals surface area contributed by atoms with E-state index in [1.54, 1.807) is 6.20 Å². The molecule has 1 amide bonds. The van der Waals surface area contributed by atoms with Crippen molar-refractivity contribution in [3.05, 3.63) is 9.98 Å². The summed E-state index contributed by atoms with van der Waals surface area (Å²) in [7, 11) is 0. The Morgan fingerprint density at radius 3 is 2.78 bits per heavy atom. The van der Waals surface area contributed by atoms with Crippen LogP contribution in [0.25, 0.3) is 0 Å². The third-order valence-corrected chi connectivity index (χ3v) is 4.73. The Kier molecular flexibility index (Phi) is 4.31. The maximum absolute atomic E-state index is 12.4. The lowest BCUT2D eigenvalue weighted by atomic mass is 9.79. The SMILES string of the molecule is NC(=S)C1(C(=O)Nc2ncc(Br)s2)CCOCC1. The molecule has 1 saturated heterocycles. The van der Waals surface area contributed by atoms with Gasteiger partial charge in [0.05, 0.1) is 15.0 Å². The van der Waals surface area contributed by atoms with Crippen LogP contribution in [-0.2, 0) is 9.53 Å². The fourth-order valence-electron chi connectivity index (χ4n) is 1.83. The minimum atomic E-state index is -0.814. The molecule has 0 aliphatic carbocycles. The van der Waals surface area contributed by atoms with E-state index in [1.807, 2.05) is 0 Å². The van der Waals surface area contributed by atoms with Crippen LogP contribution in [0.1, 0.15) is 12.8 Å². The van der Waals surface area contributed by atoms with Gasteiger partial charge in [-0.1, -0.05) is 23.6 Å². The van der Waals surface area contributed by atoms with E-state index in [9.17, 15) is 4.79 Å². The summed E-state index contributed by atoms with van der Waals surface area (Å²) in [5, 5.41) is 3.31. The molecule has 5 nitrogen and oxygen atoms in total. The predicted molar refractivity (Wildman–Crippen MR) is 77.7 cm³/mol. The Labute approximate surface area is 122 Å². The lowest BCUT2D eigenvalue weighted by Gasteiger charge is -2.34. The monoisotopic (exact) mass is 349 g/mol. The van der Waals surface area contributed by atoms with Crippen molar-refractivity contribution in [1.29, 1.82) is 0 Å². The largest absolute Gasteiger partial charge is 0.392 e. The molecule has 8 heteroatoms. The summed E-state index contributed by atoms with van der Waals surface area (Å²) in [6.07, 6.45) is 2.67. The molecule has 1 aliphatic heterocycles. The van der Waals surface area contributed by atoms with E-state index in [4.69, 9.17) is 22.7 Å². The van der Waals surface area contributed by atoms with Crippen molar-refractivity contribution in [3.8, 4) is 0 Å². The van der Waals surface area contributed by atoms with E-state index >= 15 is 0 Å². The number of hydrogen-bond donors (Lipinski definition) is 2. The number of anilines is 1. The Morgan fingerprint density at radius 1 is 1.61 bits per heavy atom. The van der Waals surface area contributed by atoms with Gasteiger partial charge in [0.2, 0.25) is 5.91 Å². The van der Waals surface area contributed by atoms with Crippen LogP contribution in [0, 0.1) is 5.41 Å². The molecule has 0 atom stereocenters. The zero-order valence-electron chi connectivity index (χ0n) is 9.44. The standard InChI is InChI=1S/C10H12BrN3O2S2/c11-6-5-13-9(18-6)14-8(15)10(7(12)17)1-3-16-4-2-10/h5H,1-4H2,(H2,12,17)(H,13,14,15). The molecule has 0 radical (unpaired) electrons. The van der Waals surface area contributed by atoms with Gasteiger partial charge < -0.3 is 15.8 Å². The number of ether oxygens (including phenoxy) is 1. The summed E-state index contributed by atoms with van der Waals surface area (Å²) in [6.45, 7) is 0.985. The fourth-order valence-corrected chi connectivity index (χ4v) is 3.23. The molecule has 1 fully saturated rings. The van der Waals surface area contributed by atoms with Crippen LogP contribution in [0.5, 0.6) is 0 Å². The number of hydrogen-bond acceptors (Lipinski definition) is 5. The van der Waals surface area contributed by atoms with Crippen molar-refractivity contribution in [1.82, 2.24) is 4.98 Å². The van der Waals surface area contributed by atoms with Crippen molar-refractivity contribution in [2.75, 3.05) is 18.5 Å². The number of amides is 1. The molecule has 0 bridgehead atoms. The molecule has 98 valence electrons. The van der Waals surface area contributed by atoms with Crippen LogP contribution >= 0.6 is 39.5 Å². The van der Waals surface area contributed by atoms with E-state index in [2.05, 4.69) is 26.2 Å². The minimum Gasteiger partial charge on any atom is -0.392 e. The van der Waals surface area contributed by atoms with Gasteiger partial charge in [0.25, 0.3) is 0 Å². The van der Waals surface area contributed by atoms with E-state index < -0.39 is 5.41 Å². The summed E-state index contributed by atoms with van der Waals surface area (Å²) in [4.78, 5) is 16.6. The number of thiocarbonyl (C=S) groups is 1. The van der Waals surface area contributed by atoms with Crippen molar-refractivity contribution in [3.63, 3.8) is 0 Å². The first-order valence-electron chi connectivity index (χ1n) is 5.35. The Bertz CT molecular complexity index is 471. The van der Waals surface area contributed by atoms with Gasteiger partial charge in [-0.3, -0.25) is 4.79 Å². The normalized spacial score (nSPS) is 18.3. The number of carbonyl (C=O) groups excluding carboxylic acids is 1. The first-order valence-corrected chi connectivity index (χ1v) is 7.37. The van der Waals surface area contributed by atoms with Crippen LogP contribution in [0.4, 0.5) is 5.13 Å². The maximum atomic E-state index is 12.4. The highest BCUT2D eigenvalue weighted by Gasteiger charge is 2.43. The molecule has 2 heterocycles. The minimum absolute atomic E-state index is 0.194. The molecule has 0 unspecified atom stereocenters. The van der Waals surface area contributed by atoms with Gasteiger partial charge in [-0.15, -0.1) is 0 Å². The third kappa shape index (κ3) is 2.71. The molecular formula is C10H12BrN3O2S2. The van der Waals surface area contributed by atoms with Gasteiger partial charge in [-0.25, -0.2) is 4.98 Å². The summed E-state index contributed by atoms with van der Waals surface area (Å²) in [5.41, 5.74) is 4.94. The number of rotatable bonds is 3. The summed E-state index contributed by atoms with van der Waals surface area (Å²) in [5.74, 6) is -0.194. The zero-order valence-corrected chi connectivity index (χ0v) is 12.7. The maximum Gasteiger partial charge on any atom is 0.239 e. The van der Waals surface area contributed by atoms with Gasteiger partial charge in [0, 0.05) is 13.2 Å². The average Bonchev–Trinajstić information content (AvgIpc) is 2.75. The third-order valence-electron chi connectivity index (χ3n) is 2.95. The summed E-state index contributed by atoms with van der Waals surface area (Å²) in [6, 6.07) is 0. The van der Waals surface area contributed by atoms with E-state index in [0.717, 1.165) is 3.79 Å². The predicted octanol–water partition coefficient (Wildman–Crippen LogP) is 1.93. The lowest BCUT2D eigenvalue weighted by molar-refractivity contribution is -0.126. The molecule has 0 saturated carbocycles. The Balaban J connectivity index is 2.16. The smallest absolute Gasteiger partial charge is 0.239 e. The quantitative estimate of drug-likeness (QED) is 0.815. The van der Waals surface area contributed by atoms with Gasteiger partial charge in [-0.05, 0) is 28.8 Å². The second-order valence-corrected chi connectivity index (χ2v) is 6.83. The first kappa shape index (κ1) is 13.9. The second-order valence-electron chi connectivity index (χ2n) is 3.98. The molecular weight excluding hydrogens is 338 g/mol. The van der Waals surface area contributed by atoms with Gasteiger partial charge in [-0.2, -0.15) is 0 Å². The summed E-state index contributed by atoms with van der Waals surface area (Å²) >= 11 is 9.70. The highest BCUT2D eigenvalue weighted by Crippen LogP contribution is 2.33. The number of nitrogens with one attached hydrogen (secondary N) is 1. The first-order chi connectivity index (χ1) is 8.54. The van der Waals surface area contributed by atoms with Crippen LogP contribution in [0.15, 0.2) is 9.98 Å². The van der Waals surface area contributed by atoms with Gasteiger partial charge in [0.1, 0.15) is 5.41 Å². The van der Waals surface area contributed by atoms with Crippen LogP contribution < -0.4 is 11.1 Å². The Morgan fingerprint density at radius 2 is 2.28 bits per heavy atom.